The number of anilines is 1. The van der Waals surface area contributed by atoms with Gasteiger partial charge in [0.2, 0.25) is 5.91 Å². The van der Waals surface area contributed by atoms with Crippen LogP contribution in [0.3, 0.4) is 0 Å². The largest absolute Gasteiger partial charge is 0.354 e. The van der Waals surface area contributed by atoms with Gasteiger partial charge in [0.05, 0.1) is 16.8 Å². The summed E-state index contributed by atoms with van der Waals surface area (Å²) in [7, 11) is 0. The molecule has 1 fully saturated rings. The molecule has 192 valence electrons. The Bertz CT molecular complexity index is 1350. The summed E-state index contributed by atoms with van der Waals surface area (Å²) in [5.74, 6) is 2.46. The zero-order valence-electron chi connectivity index (χ0n) is 22.1. The van der Waals surface area contributed by atoms with Crippen LogP contribution in [0.15, 0.2) is 60.7 Å². The van der Waals surface area contributed by atoms with Crippen LogP contribution in [0.2, 0.25) is 0 Å². The minimum Gasteiger partial charge on any atom is -0.354 e. The summed E-state index contributed by atoms with van der Waals surface area (Å²) in [5, 5.41) is 5.88. The maximum atomic E-state index is 13.0. The number of aromatic nitrogens is 4. The maximum Gasteiger partial charge on any atom is 0.222 e. The number of amides is 1. The van der Waals surface area contributed by atoms with E-state index in [0.29, 0.717) is 18.9 Å². The van der Waals surface area contributed by atoms with Crippen LogP contribution in [0.25, 0.3) is 16.7 Å². The quantitative estimate of drug-likeness (QED) is 0.360. The molecule has 2 aromatic carbocycles. The normalized spacial score (nSPS) is 14.4. The topological polar surface area (TPSA) is 67.2 Å². The van der Waals surface area contributed by atoms with Gasteiger partial charge in [-0.2, -0.15) is 5.10 Å². The van der Waals surface area contributed by atoms with Crippen molar-refractivity contribution in [2.24, 2.45) is 5.92 Å². The lowest BCUT2D eigenvalue weighted by Gasteiger charge is -2.24. The van der Waals surface area contributed by atoms with E-state index >= 15 is 0 Å². The van der Waals surface area contributed by atoms with Crippen molar-refractivity contribution in [3.05, 3.63) is 77.7 Å². The lowest BCUT2D eigenvalue weighted by molar-refractivity contribution is -0.130. The van der Waals surface area contributed by atoms with E-state index < -0.39 is 0 Å². The van der Waals surface area contributed by atoms with Crippen LogP contribution in [0, 0.1) is 12.8 Å². The molecule has 0 unspecified atom stereocenters. The highest BCUT2D eigenvalue weighted by Gasteiger charge is 2.25. The zero-order valence-corrected chi connectivity index (χ0v) is 22.1. The number of para-hydroxylation sites is 1. The molecule has 2 aromatic heterocycles. The molecule has 5 rings (SSSR count). The molecule has 3 heterocycles. The van der Waals surface area contributed by atoms with Crippen molar-refractivity contribution in [1.82, 2.24) is 24.6 Å². The maximum absolute atomic E-state index is 13.0. The molecule has 7 nitrogen and oxygen atoms in total. The molecule has 0 radical (unpaired) electrons. The molecule has 1 saturated heterocycles. The Balaban J connectivity index is 1.41. The van der Waals surface area contributed by atoms with Crippen molar-refractivity contribution < 1.29 is 4.79 Å². The van der Waals surface area contributed by atoms with Crippen molar-refractivity contribution in [2.75, 3.05) is 31.1 Å². The number of hydrogen-bond acceptors (Lipinski definition) is 5. The van der Waals surface area contributed by atoms with Gasteiger partial charge in [-0.05, 0) is 43.4 Å². The minimum atomic E-state index is 0.229. The zero-order chi connectivity index (χ0) is 25.8. The molecule has 4 aromatic rings. The van der Waals surface area contributed by atoms with Crippen molar-refractivity contribution in [2.45, 2.75) is 46.5 Å². The second-order valence-corrected chi connectivity index (χ2v) is 10.3. The summed E-state index contributed by atoms with van der Waals surface area (Å²) in [5.41, 5.74) is 3.97. The van der Waals surface area contributed by atoms with Crippen LogP contribution < -0.4 is 4.90 Å². The van der Waals surface area contributed by atoms with Crippen molar-refractivity contribution in [1.29, 1.82) is 0 Å². The Morgan fingerprint density at radius 1 is 0.919 bits per heavy atom. The van der Waals surface area contributed by atoms with E-state index in [1.807, 2.05) is 52.9 Å². The third-order valence-electron chi connectivity index (χ3n) is 6.94. The number of hydrogen-bond donors (Lipinski definition) is 0. The molecule has 0 atom stereocenters. The SMILES string of the molecule is Cc1nn(-c2ccccc2)c2nc(CC(C)C)nc(N3CCCN(C(=O)CCc4ccccc4)CC3)c12. The smallest absolute Gasteiger partial charge is 0.222 e. The highest BCUT2D eigenvalue weighted by Crippen LogP contribution is 2.30. The average molecular weight is 497 g/mol. The van der Waals surface area contributed by atoms with Crippen LogP contribution in [0.1, 0.15) is 43.8 Å². The summed E-state index contributed by atoms with van der Waals surface area (Å²) in [6.07, 6.45) is 3.04. The van der Waals surface area contributed by atoms with Crippen LogP contribution in [0.4, 0.5) is 5.82 Å². The van der Waals surface area contributed by atoms with Gasteiger partial charge in [0.15, 0.2) is 5.65 Å². The molecule has 37 heavy (non-hydrogen) atoms. The number of fused-ring (bicyclic) bond motifs is 1. The van der Waals surface area contributed by atoms with Gasteiger partial charge in [0.25, 0.3) is 0 Å². The summed E-state index contributed by atoms with van der Waals surface area (Å²) < 4.78 is 1.94. The van der Waals surface area contributed by atoms with E-state index in [0.717, 1.165) is 73.0 Å². The second-order valence-electron chi connectivity index (χ2n) is 10.3. The minimum absolute atomic E-state index is 0.229. The standard InChI is InChI=1S/C30H36N6O/c1-22(2)21-26-31-29(28-23(3)33-36(30(28)32-26)25-13-8-5-9-14-25)35-18-10-17-34(19-20-35)27(37)16-15-24-11-6-4-7-12-24/h4-9,11-14,22H,10,15-21H2,1-3H3. The molecular weight excluding hydrogens is 460 g/mol. The molecule has 7 heteroatoms. The first-order valence-corrected chi connectivity index (χ1v) is 13.4. The highest BCUT2D eigenvalue weighted by atomic mass is 16.2. The summed E-state index contributed by atoms with van der Waals surface area (Å²) >= 11 is 0. The number of nitrogens with zero attached hydrogens (tertiary/aromatic N) is 6. The summed E-state index contributed by atoms with van der Waals surface area (Å²) in [6.45, 7) is 9.50. The number of rotatable bonds is 7. The van der Waals surface area contributed by atoms with Crippen LogP contribution in [-0.4, -0.2) is 56.7 Å². The Morgan fingerprint density at radius 3 is 2.38 bits per heavy atom. The summed E-state index contributed by atoms with van der Waals surface area (Å²) in [6, 6.07) is 20.4. The number of carbonyl (C=O) groups excluding carboxylic acids is 1. The van der Waals surface area contributed by atoms with Gasteiger partial charge in [-0.1, -0.05) is 62.4 Å². The highest BCUT2D eigenvalue weighted by molar-refractivity contribution is 5.91. The molecule has 1 amide bonds. The Labute approximate surface area is 219 Å². The van der Waals surface area contributed by atoms with E-state index in [1.165, 1.54) is 5.56 Å². The van der Waals surface area contributed by atoms with Crippen LogP contribution >= 0.6 is 0 Å². The van der Waals surface area contributed by atoms with E-state index in [4.69, 9.17) is 15.1 Å². The van der Waals surface area contributed by atoms with Gasteiger partial charge in [-0.15, -0.1) is 0 Å². The van der Waals surface area contributed by atoms with Gasteiger partial charge in [0, 0.05) is 39.0 Å². The Kier molecular flexibility index (Phi) is 7.49. The predicted molar refractivity (Wildman–Crippen MR) is 148 cm³/mol. The fourth-order valence-electron chi connectivity index (χ4n) is 5.07. The van der Waals surface area contributed by atoms with Crippen LogP contribution in [-0.2, 0) is 17.6 Å². The Hall–Kier alpha value is -3.74. The lowest BCUT2D eigenvalue weighted by atomic mass is 10.1. The van der Waals surface area contributed by atoms with Crippen molar-refractivity contribution in [3.8, 4) is 5.69 Å². The first-order valence-electron chi connectivity index (χ1n) is 13.4. The molecule has 0 saturated carbocycles. The van der Waals surface area contributed by atoms with Crippen molar-refractivity contribution >= 4 is 22.8 Å². The number of aryl methyl sites for hydroxylation is 2. The van der Waals surface area contributed by atoms with E-state index in [9.17, 15) is 4.79 Å². The monoisotopic (exact) mass is 496 g/mol. The molecule has 0 aliphatic carbocycles. The van der Waals surface area contributed by atoms with E-state index in [-0.39, 0.29) is 5.91 Å². The molecule has 1 aliphatic heterocycles. The first kappa shape index (κ1) is 24.9. The van der Waals surface area contributed by atoms with Gasteiger partial charge in [-0.25, -0.2) is 14.6 Å². The van der Waals surface area contributed by atoms with E-state index in [2.05, 4.69) is 43.0 Å². The first-order chi connectivity index (χ1) is 18.0. The fourth-order valence-corrected chi connectivity index (χ4v) is 5.07. The third kappa shape index (κ3) is 5.66. The molecular formula is C30H36N6O. The number of carbonyl (C=O) groups is 1. The van der Waals surface area contributed by atoms with Crippen LogP contribution in [0.5, 0.6) is 0 Å². The third-order valence-corrected chi connectivity index (χ3v) is 6.94. The van der Waals surface area contributed by atoms with Gasteiger partial charge < -0.3 is 9.80 Å². The molecule has 0 spiro atoms. The lowest BCUT2D eigenvalue weighted by Crippen LogP contribution is -2.35. The van der Waals surface area contributed by atoms with Crippen molar-refractivity contribution in [3.63, 3.8) is 0 Å². The van der Waals surface area contributed by atoms with Gasteiger partial charge in [0.1, 0.15) is 11.6 Å². The van der Waals surface area contributed by atoms with Gasteiger partial charge in [-0.3, -0.25) is 4.79 Å². The average Bonchev–Trinajstić information content (AvgIpc) is 3.07. The predicted octanol–water partition coefficient (Wildman–Crippen LogP) is 4.99. The number of benzene rings is 2. The fraction of sp³-hybridized carbons (Fsp3) is 0.400. The molecule has 0 bridgehead atoms. The molecule has 0 N–H and O–H groups in total. The summed E-state index contributed by atoms with van der Waals surface area (Å²) in [4.78, 5) is 27.5. The second kappa shape index (κ2) is 11.1. The van der Waals surface area contributed by atoms with Gasteiger partial charge >= 0.3 is 0 Å². The Morgan fingerprint density at radius 2 is 1.65 bits per heavy atom. The van der Waals surface area contributed by atoms with E-state index in [1.54, 1.807) is 0 Å². The molecule has 1 aliphatic rings.